The summed E-state index contributed by atoms with van der Waals surface area (Å²) in [5.74, 6) is 6.50. The van der Waals surface area contributed by atoms with Crippen LogP contribution >= 0.6 is 0 Å². The fourth-order valence-corrected chi connectivity index (χ4v) is 4.47. The Labute approximate surface area is 199 Å². The van der Waals surface area contributed by atoms with Gasteiger partial charge in [-0.3, -0.25) is 9.59 Å². The number of amides is 1. The van der Waals surface area contributed by atoms with Crippen molar-refractivity contribution in [3.05, 3.63) is 74.5 Å². The van der Waals surface area contributed by atoms with Gasteiger partial charge in [0.15, 0.2) is 0 Å². The van der Waals surface area contributed by atoms with Crippen molar-refractivity contribution in [2.75, 3.05) is 12.4 Å². The van der Waals surface area contributed by atoms with Crippen molar-refractivity contribution >= 4 is 28.2 Å². The zero-order valence-corrected chi connectivity index (χ0v) is 20.6. The molecule has 0 saturated heterocycles. The number of aryl methyl sites for hydroxylation is 3. The molecule has 0 saturated carbocycles. The van der Waals surface area contributed by atoms with Crippen molar-refractivity contribution in [2.45, 2.75) is 54.1 Å². The highest BCUT2D eigenvalue weighted by atomic mass is 16.2. The number of nitrogens with one attached hydrogen (secondary N) is 2. The van der Waals surface area contributed by atoms with E-state index >= 15 is 0 Å². The number of aromatic nitrogens is 2. The molecular formula is C26H32N6O2. The average Bonchev–Trinajstić information content (AvgIpc) is 3.14. The van der Waals surface area contributed by atoms with Gasteiger partial charge in [0.1, 0.15) is 0 Å². The lowest BCUT2D eigenvalue weighted by Crippen LogP contribution is -2.35. The molecule has 4 rings (SSSR count). The summed E-state index contributed by atoms with van der Waals surface area (Å²) >= 11 is 0. The van der Waals surface area contributed by atoms with Crippen molar-refractivity contribution in [2.24, 2.45) is 4.99 Å². The second-order valence-electron chi connectivity index (χ2n) is 9.26. The molecule has 8 heteroatoms. The van der Waals surface area contributed by atoms with E-state index in [0.717, 1.165) is 43.7 Å². The van der Waals surface area contributed by atoms with Gasteiger partial charge < -0.3 is 21.0 Å². The van der Waals surface area contributed by atoms with Crippen molar-refractivity contribution < 1.29 is 4.79 Å². The number of carbonyl (C=O) groups is 1. The summed E-state index contributed by atoms with van der Waals surface area (Å²) in [6.45, 7) is 12.6. The first-order valence-corrected chi connectivity index (χ1v) is 11.5. The number of nitrogens with zero attached hydrogens (tertiary/aromatic N) is 3. The molecule has 1 amide bonds. The van der Waals surface area contributed by atoms with E-state index in [-0.39, 0.29) is 24.1 Å². The molecule has 0 radical (unpaired) electrons. The molecule has 0 spiro atoms. The molecular weight excluding hydrogens is 428 g/mol. The first-order valence-electron chi connectivity index (χ1n) is 11.5. The molecule has 3 heterocycles. The Morgan fingerprint density at radius 1 is 1.18 bits per heavy atom. The number of nitrogens with two attached hydrogens (primary N) is 1. The van der Waals surface area contributed by atoms with Gasteiger partial charge in [0.2, 0.25) is 0 Å². The lowest BCUT2D eigenvalue weighted by atomic mass is 9.97. The molecule has 1 aliphatic heterocycles. The van der Waals surface area contributed by atoms with Crippen LogP contribution in [-0.2, 0) is 6.54 Å². The van der Waals surface area contributed by atoms with Crippen LogP contribution in [0.4, 0.5) is 0 Å². The molecule has 2 aromatic heterocycles. The van der Waals surface area contributed by atoms with E-state index < -0.39 is 0 Å². The van der Waals surface area contributed by atoms with E-state index in [9.17, 15) is 9.59 Å². The fraction of sp³-hybridized carbons (Fsp3) is 0.346. The maximum Gasteiger partial charge on any atom is 0.274 e. The van der Waals surface area contributed by atoms with Crippen molar-refractivity contribution in [1.82, 2.24) is 19.9 Å². The Balaban J connectivity index is 1.79. The van der Waals surface area contributed by atoms with Crippen molar-refractivity contribution in [3.8, 4) is 0 Å². The van der Waals surface area contributed by atoms with Crippen molar-refractivity contribution in [1.29, 1.82) is 0 Å². The van der Waals surface area contributed by atoms with Crippen LogP contribution in [0.3, 0.4) is 0 Å². The Kier molecular flexibility index (Phi) is 6.08. The number of carbonyl (C=O) groups excluding carboxylic acids is 1. The first kappa shape index (κ1) is 23.4. The zero-order valence-electron chi connectivity index (χ0n) is 20.6. The monoisotopic (exact) mass is 460 g/mol. The smallest absolute Gasteiger partial charge is 0.274 e. The van der Waals surface area contributed by atoms with Crippen LogP contribution in [0.5, 0.6) is 0 Å². The van der Waals surface area contributed by atoms with E-state index in [2.05, 4.69) is 46.3 Å². The number of hydrogen-bond acceptors (Lipinski definition) is 5. The zero-order chi connectivity index (χ0) is 24.7. The summed E-state index contributed by atoms with van der Waals surface area (Å²) in [4.78, 5) is 30.6. The predicted molar refractivity (Wildman–Crippen MR) is 138 cm³/mol. The summed E-state index contributed by atoms with van der Waals surface area (Å²) in [5, 5.41) is 7.14. The van der Waals surface area contributed by atoms with E-state index in [1.807, 2.05) is 39.1 Å². The van der Waals surface area contributed by atoms with Gasteiger partial charge in [-0.15, -0.1) is 0 Å². The number of benzene rings is 1. The molecule has 4 N–H and O–H groups in total. The molecule has 0 aliphatic carbocycles. The molecule has 0 fully saturated rings. The Bertz CT molecular complexity index is 1420. The van der Waals surface area contributed by atoms with Crippen LogP contribution < -0.4 is 22.0 Å². The third-order valence-electron chi connectivity index (χ3n) is 6.43. The summed E-state index contributed by atoms with van der Waals surface area (Å²) in [6.07, 6.45) is 3.94. The Morgan fingerprint density at radius 3 is 2.56 bits per heavy atom. The maximum atomic E-state index is 13.5. The van der Waals surface area contributed by atoms with Gasteiger partial charge in [-0.05, 0) is 82.0 Å². The Morgan fingerprint density at radius 2 is 1.91 bits per heavy atom. The standard InChI is InChI=1S/C26H32N6O2/c1-14(2)31-13-16(4)24-21(8-19(9-23(24)31)20-10-28-18(6)29-11-20)25(33)30-12-22-15(3)7-17(5)32(27)26(22)34/h7-10,13-14H,11-12,27H2,1-6H3,(H,28,29)(H,30,33). The number of aliphatic imine (C=N–C) groups is 1. The molecule has 8 nitrogen and oxygen atoms in total. The third-order valence-corrected chi connectivity index (χ3v) is 6.43. The molecule has 0 atom stereocenters. The Hall–Kier alpha value is -3.81. The largest absolute Gasteiger partial charge is 0.370 e. The molecule has 1 aromatic carbocycles. The molecule has 34 heavy (non-hydrogen) atoms. The minimum Gasteiger partial charge on any atom is -0.370 e. The average molecular weight is 461 g/mol. The summed E-state index contributed by atoms with van der Waals surface area (Å²) in [6, 6.07) is 6.13. The van der Waals surface area contributed by atoms with Crippen LogP contribution in [-0.4, -0.2) is 27.5 Å². The van der Waals surface area contributed by atoms with Gasteiger partial charge >= 0.3 is 0 Å². The SMILES string of the molecule is CC1=NC=C(c2cc(C(=O)NCc3c(C)cc(C)n(N)c3=O)c3c(C)cn(C(C)C)c3c2)CN1. The fourth-order valence-electron chi connectivity index (χ4n) is 4.47. The lowest BCUT2D eigenvalue weighted by molar-refractivity contribution is 0.0952. The quantitative estimate of drug-likeness (QED) is 0.508. The van der Waals surface area contributed by atoms with Gasteiger partial charge in [-0.25, -0.2) is 9.67 Å². The highest BCUT2D eigenvalue weighted by Gasteiger charge is 2.20. The minimum absolute atomic E-state index is 0.102. The summed E-state index contributed by atoms with van der Waals surface area (Å²) in [7, 11) is 0. The number of fused-ring (bicyclic) bond motifs is 1. The number of hydrogen-bond donors (Lipinski definition) is 3. The van der Waals surface area contributed by atoms with Crippen LogP contribution in [0, 0.1) is 20.8 Å². The highest BCUT2D eigenvalue weighted by Crippen LogP contribution is 2.31. The van der Waals surface area contributed by atoms with Crippen molar-refractivity contribution in [3.63, 3.8) is 0 Å². The number of pyridine rings is 1. The molecule has 3 aromatic rings. The predicted octanol–water partition coefficient (Wildman–Crippen LogP) is 3.32. The minimum atomic E-state index is -0.300. The van der Waals surface area contributed by atoms with Gasteiger partial charge in [0, 0.05) is 59.3 Å². The lowest BCUT2D eigenvalue weighted by Gasteiger charge is -2.17. The van der Waals surface area contributed by atoms with E-state index in [4.69, 9.17) is 5.84 Å². The highest BCUT2D eigenvalue weighted by molar-refractivity contribution is 6.09. The normalized spacial score (nSPS) is 13.6. The molecule has 178 valence electrons. The summed E-state index contributed by atoms with van der Waals surface area (Å²) in [5.41, 5.74) is 6.21. The van der Waals surface area contributed by atoms with Crippen LogP contribution in [0.1, 0.15) is 65.1 Å². The maximum absolute atomic E-state index is 13.5. The second-order valence-corrected chi connectivity index (χ2v) is 9.26. The molecule has 0 bridgehead atoms. The number of rotatable bonds is 5. The summed E-state index contributed by atoms with van der Waals surface area (Å²) < 4.78 is 3.30. The van der Waals surface area contributed by atoms with Gasteiger partial charge in [0.25, 0.3) is 11.5 Å². The van der Waals surface area contributed by atoms with Crippen LogP contribution in [0.2, 0.25) is 0 Å². The topological polar surface area (TPSA) is 106 Å². The number of nitrogen functional groups attached to an aromatic ring is 1. The first-order chi connectivity index (χ1) is 16.1. The second kappa shape index (κ2) is 8.85. The van der Waals surface area contributed by atoms with Gasteiger partial charge in [-0.1, -0.05) is 0 Å². The third kappa shape index (κ3) is 4.11. The molecule has 1 aliphatic rings. The van der Waals surface area contributed by atoms with Gasteiger partial charge in [0.05, 0.1) is 5.84 Å². The van der Waals surface area contributed by atoms with Gasteiger partial charge in [-0.2, -0.15) is 0 Å². The van der Waals surface area contributed by atoms with E-state index in [1.165, 1.54) is 0 Å². The van der Waals surface area contributed by atoms with Crippen LogP contribution in [0.25, 0.3) is 16.5 Å². The molecule has 0 unspecified atom stereocenters. The van der Waals surface area contributed by atoms with E-state index in [1.54, 1.807) is 6.92 Å². The number of amidine groups is 1. The van der Waals surface area contributed by atoms with Crippen LogP contribution in [0.15, 0.2) is 40.4 Å². The van der Waals surface area contributed by atoms with E-state index in [0.29, 0.717) is 23.4 Å².